The van der Waals surface area contributed by atoms with E-state index in [4.69, 9.17) is 5.73 Å². The van der Waals surface area contributed by atoms with Gasteiger partial charge in [0.25, 0.3) is 0 Å². The number of nitrogens with one attached hydrogen (secondary N) is 1. The van der Waals surface area contributed by atoms with Crippen molar-refractivity contribution in [2.45, 2.75) is 32.7 Å². The van der Waals surface area contributed by atoms with Crippen LogP contribution in [0.3, 0.4) is 0 Å². The van der Waals surface area contributed by atoms with Gasteiger partial charge in [0.2, 0.25) is 5.91 Å². The van der Waals surface area contributed by atoms with Crippen molar-refractivity contribution in [2.75, 3.05) is 26.2 Å². The molecule has 1 fully saturated rings. The highest BCUT2D eigenvalue weighted by molar-refractivity contribution is 5.82. The average Bonchev–Trinajstić information content (AvgIpc) is 2.18. The Morgan fingerprint density at radius 1 is 1.60 bits per heavy atom. The molecule has 0 saturated carbocycles. The van der Waals surface area contributed by atoms with Crippen LogP contribution in [-0.4, -0.2) is 43.0 Å². The Hall–Kier alpha value is -0.610. The molecule has 1 saturated heterocycles. The van der Waals surface area contributed by atoms with E-state index < -0.39 is 0 Å². The average molecular weight is 213 g/mol. The zero-order valence-corrected chi connectivity index (χ0v) is 9.83. The molecule has 1 aliphatic rings. The molecular weight excluding hydrogens is 190 g/mol. The van der Waals surface area contributed by atoms with E-state index in [2.05, 4.69) is 24.1 Å². The largest absolute Gasteiger partial charge is 0.353 e. The molecule has 0 radical (unpaired) electrons. The predicted octanol–water partition coefficient (Wildman–Crippen LogP) is 0.182. The molecule has 88 valence electrons. The lowest BCUT2D eigenvalue weighted by atomic mass is 10.00. The molecule has 4 nitrogen and oxygen atoms in total. The van der Waals surface area contributed by atoms with Gasteiger partial charge in [-0.1, -0.05) is 13.8 Å². The highest BCUT2D eigenvalue weighted by Crippen LogP contribution is 2.14. The maximum absolute atomic E-state index is 11.7. The van der Waals surface area contributed by atoms with E-state index in [-0.39, 0.29) is 11.9 Å². The van der Waals surface area contributed by atoms with Crippen LogP contribution >= 0.6 is 0 Å². The van der Waals surface area contributed by atoms with Crippen LogP contribution < -0.4 is 11.1 Å². The molecule has 0 aromatic heterocycles. The molecule has 4 heteroatoms. The first-order valence-corrected chi connectivity index (χ1v) is 5.87. The van der Waals surface area contributed by atoms with Gasteiger partial charge in [-0.15, -0.1) is 0 Å². The standard InChI is InChI=1S/C11H23N3O/c1-9(2)8-10-11(15)13-5-7-14(10)6-3-4-12/h9-10H,3-8,12H2,1-2H3,(H,13,15). The third-order valence-electron chi connectivity index (χ3n) is 2.79. The van der Waals surface area contributed by atoms with Crippen molar-refractivity contribution >= 4 is 5.91 Å². The molecular formula is C11H23N3O. The Morgan fingerprint density at radius 3 is 2.93 bits per heavy atom. The number of nitrogens with two attached hydrogens (primary N) is 1. The SMILES string of the molecule is CC(C)CC1C(=O)NCCN1CCCN. The van der Waals surface area contributed by atoms with E-state index >= 15 is 0 Å². The Balaban J connectivity index is 2.52. The molecule has 0 bridgehead atoms. The van der Waals surface area contributed by atoms with E-state index in [1.807, 2.05) is 0 Å². The highest BCUT2D eigenvalue weighted by Gasteiger charge is 2.29. The summed E-state index contributed by atoms with van der Waals surface area (Å²) in [5.74, 6) is 0.742. The van der Waals surface area contributed by atoms with Crippen LogP contribution in [0, 0.1) is 5.92 Å². The summed E-state index contributed by atoms with van der Waals surface area (Å²) in [6.07, 6.45) is 1.91. The van der Waals surface area contributed by atoms with Crippen molar-refractivity contribution in [2.24, 2.45) is 11.7 Å². The van der Waals surface area contributed by atoms with Crippen molar-refractivity contribution in [3.05, 3.63) is 0 Å². The zero-order valence-electron chi connectivity index (χ0n) is 9.83. The van der Waals surface area contributed by atoms with Crippen molar-refractivity contribution < 1.29 is 4.79 Å². The Labute approximate surface area is 92.2 Å². The summed E-state index contributed by atoms with van der Waals surface area (Å²) in [7, 11) is 0. The van der Waals surface area contributed by atoms with Crippen LogP contribution in [0.4, 0.5) is 0 Å². The number of piperazine rings is 1. The second-order valence-electron chi connectivity index (χ2n) is 4.61. The first-order chi connectivity index (χ1) is 7.15. The van der Waals surface area contributed by atoms with Crippen molar-refractivity contribution in [1.82, 2.24) is 10.2 Å². The third kappa shape index (κ3) is 3.80. The summed E-state index contributed by atoms with van der Waals surface area (Å²) in [5, 5.41) is 2.93. The van der Waals surface area contributed by atoms with E-state index in [1.54, 1.807) is 0 Å². The molecule has 0 aliphatic carbocycles. The van der Waals surface area contributed by atoms with Gasteiger partial charge >= 0.3 is 0 Å². The summed E-state index contributed by atoms with van der Waals surface area (Å²) >= 11 is 0. The molecule has 1 unspecified atom stereocenters. The first kappa shape index (κ1) is 12.5. The Morgan fingerprint density at radius 2 is 2.33 bits per heavy atom. The minimum Gasteiger partial charge on any atom is -0.353 e. The molecule has 1 rings (SSSR count). The van der Waals surface area contributed by atoms with E-state index in [0.717, 1.165) is 32.5 Å². The highest BCUT2D eigenvalue weighted by atomic mass is 16.2. The number of nitrogens with zero attached hydrogens (tertiary/aromatic N) is 1. The fraction of sp³-hybridized carbons (Fsp3) is 0.909. The monoisotopic (exact) mass is 213 g/mol. The van der Waals surface area contributed by atoms with Crippen molar-refractivity contribution in [3.8, 4) is 0 Å². The van der Waals surface area contributed by atoms with Gasteiger partial charge in [0.05, 0.1) is 6.04 Å². The summed E-state index contributed by atoms with van der Waals surface area (Å²) in [4.78, 5) is 14.0. The van der Waals surface area contributed by atoms with E-state index in [0.29, 0.717) is 12.5 Å². The fourth-order valence-electron chi connectivity index (χ4n) is 2.03. The minimum absolute atomic E-state index is 0.0605. The lowest BCUT2D eigenvalue weighted by Crippen LogP contribution is -2.55. The Kier molecular flexibility index (Phi) is 5.05. The van der Waals surface area contributed by atoms with Gasteiger partial charge in [-0.3, -0.25) is 9.69 Å². The van der Waals surface area contributed by atoms with Crippen LogP contribution in [0.1, 0.15) is 26.7 Å². The van der Waals surface area contributed by atoms with E-state index in [1.165, 1.54) is 0 Å². The molecule has 1 heterocycles. The topological polar surface area (TPSA) is 58.4 Å². The van der Waals surface area contributed by atoms with Gasteiger partial charge in [0.15, 0.2) is 0 Å². The maximum Gasteiger partial charge on any atom is 0.237 e. The maximum atomic E-state index is 11.7. The van der Waals surface area contributed by atoms with Gasteiger partial charge in [-0.25, -0.2) is 0 Å². The third-order valence-corrected chi connectivity index (χ3v) is 2.79. The lowest BCUT2D eigenvalue weighted by Gasteiger charge is -2.35. The summed E-state index contributed by atoms with van der Waals surface area (Å²) < 4.78 is 0. The predicted molar refractivity (Wildman–Crippen MR) is 61.5 cm³/mol. The molecule has 0 aromatic rings. The Bertz CT molecular complexity index is 206. The number of carbonyl (C=O) groups excluding carboxylic acids is 1. The lowest BCUT2D eigenvalue weighted by molar-refractivity contribution is -0.129. The summed E-state index contributed by atoms with van der Waals surface area (Å²) in [5.41, 5.74) is 5.50. The molecule has 3 N–H and O–H groups in total. The number of hydrogen-bond donors (Lipinski definition) is 2. The first-order valence-electron chi connectivity index (χ1n) is 5.87. The number of rotatable bonds is 5. The van der Waals surface area contributed by atoms with Crippen molar-refractivity contribution in [1.29, 1.82) is 0 Å². The van der Waals surface area contributed by atoms with Crippen molar-refractivity contribution in [3.63, 3.8) is 0 Å². The van der Waals surface area contributed by atoms with Gasteiger partial charge in [-0.2, -0.15) is 0 Å². The van der Waals surface area contributed by atoms with Crippen LogP contribution in [0.2, 0.25) is 0 Å². The molecule has 0 spiro atoms. The van der Waals surface area contributed by atoms with Gasteiger partial charge in [0, 0.05) is 19.6 Å². The molecule has 0 aromatic carbocycles. The second kappa shape index (κ2) is 6.08. The number of hydrogen-bond acceptors (Lipinski definition) is 3. The smallest absolute Gasteiger partial charge is 0.237 e. The fourth-order valence-corrected chi connectivity index (χ4v) is 2.03. The summed E-state index contributed by atoms with van der Waals surface area (Å²) in [6, 6.07) is 0.0605. The number of carbonyl (C=O) groups is 1. The van der Waals surface area contributed by atoms with Crippen LogP contribution in [0.5, 0.6) is 0 Å². The second-order valence-corrected chi connectivity index (χ2v) is 4.61. The molecule has 15 heavy (non-hydrogen) atoms. The van der Waals surface area contributed by atoms with Crippen LogP contribution in [-0.2, 0) is 4.79 Å². The number of amides is 1. The molecule has 1 atom stereocenters. The zero-order chi connectivity index (χ0) is 11.3. The van der Waals surface area contributed by atoms with Crippen LogP contribution in [0.25, 0.3) is 0 Å². The van der Waals surface area contributed by atoms with E-state index in [9.17, 15) is 4.79 Å². The molecule has 1 amide bonds. The van der Waals surface area contributed by atoms with Gasteiger partial charge in [0.1, 0.15) is 0 Å². The minimum atomic E-state index is 0.0605. The van der Waals surface area contributed by atoms with Gasteiger partial charge < -0.3 is 11.1 Å². The quantitative estimate of drug-likeness (QED) is 0.685. The van der Waals surface area contributed by atoms with Crippen LogP contribution in [0.15, 0.2) is 0 Å². The van der Waals surface area contributed by atoms with Gasteiger partial charge in [-0.05, 0) is 25.3 Å². The molecule has 1 aliphatic heterocycles. The summed E-state index contributed by atoms with van der Waals surface area (Å²) in [6.45, 7) is 7.70. The normalized spacial score (nSPS) is 23.2.